The molecular formula is C17H14Cl3N3O2. The fourth-order valence-corrected chi connectivity index (χ4v) is 2.54. The summed E-state index contributed by atoms with van der Waals surface area (Å²) in [5.74, 6) is -0.727. The molecule has 0 saturated carbocycles. The summed E-state index contributed by atoms with van der Waals surface area (Å²) in [6, 6.07) is 11.9. The summed E-state index contributed by atoms with van der Waals surface area (Å²) >= 11 is 17.9. The zero-order chi connectivity index (χ0) is 18.2. The maximum atomic E-state index is 11.8. The van der Waals surface area contributed by atoms with Crippen molar-refractivity contribution in [3.8, 4) is 0 Å². The zero-order valence-corrected chi connectivity index (χ0v) is 15.2. The first-order valence-corrected chi connectivity index (χ1v) is 8.41. The first kappa shape index (κ1) is 19.2. The minimum Gasteiger partial charge on any atom is -0.325 e. The second-order valence-electron chi connectivity index (χ2n) is 4.96. The number of para-hydroxylation sites is 1. The summed E-state index contributed by atoms with van der Waals surface area (Å²) in [5, 5.41) is 7.71. The quantitative estimate of drug-likeness (QED) is 0.555. The van der Waals surface area contributed by atoms with Crippen LogP contribution in [-0.2, 0) is 9.59 Å². The number of hydrogen-bond acceptors (Lipinski definition) is 3. The van der Waals surface area contributed by atoms with Crippen LogP contribution in [0.25, 0.3) is 0 Å². The number of hydrazone groups is 1. The monoisotopic (exact) mass is 397 g/mol. The highest BCUT2D eigenvalue weighted by Gasteiger charge is 2.08. The Morgan fingerprint density at radius 3 is 2.16 bits per heavy atom. The summed E-state index contributed by atoms with van der Waals surface area (Å²) < 4.78 is 0. The van der Waals surface area contributed by atoms with E-state index in [0.29, 0.717) is 26.3 Å². The summed E-state index contributed by atoms with van der Waals surface area (Å²) in [6.45, 7) is 0. The van der Waals surface area contributed by atoms with Gasteiger partial charge in [0, 0.05) is 18.4 Å². The van der Waals surface area contributed by atoms with Gasteiger partial charge < -0.3 is 5.32 Å². The molecule has 0 aliphatic heterocycles. The second-order valence-corrected chi connectivity index (χ2v) is 6.18. The minimum atomic E-state index is -0.409. The lowest BCUT2D eigenvalue weighted by Crippen LogP contribution is -2.20. The van der Waals surface area contributed by atoms with Crippen molar-refractivity contribution in [2.75, 3.05) is 5.32 Å². The van der Waals surface area contributed by atoms with E-state index in [4.69, 9.17) is 34.8 Å². The number of benzene rings is 2. The molecule has 130 valence electrons. The normalized spacial score (nSPS) is 10.7. The maximum absolute atomic E-state index is 11.8. The second kappa shape index (κ2) is 9.42. The molecule has 2 amide bonds. The summed E-state index contributed by atoms with van der Waals surface area (Å²) in [6.07, 6.45) is 1.33. The molecule has 2 aromatic rings. The Morgan fingerprint density at radius 2 is 1.48 bits per heavy atom. The molecule has 2 rings (SSSR count). The molecule has 8 heteroatoms. The topological polar surface area (TPSA) is 70.6 Å². The molecule has 5 nitrogen and oxygen atoms in total. The van der Waals surface area contributed by atoms with Crippen LogP contribution >= 0.6 is 34.8 Å². The van der Waals surface area contributed by atoms with E-state index in [1.165, 1.54) is 6.21 Å². The molecule has 2 N–H and O–H groups in total. The Kier molecular flexibility index (Phi) is 7.25. The molecule has 0 radical (unpaired) electrons. The van der Waals surface area contributed by atoms with Gasteiger partial charge in [-0.2, -0.15) is 5.10 Å². The van der Waals surface area contributed by atoms with Gasteiger partial charge in [-0.05, 0) is 24.3 Å². The molecule has 0 aliphatic rings. The van der Waals surface area contributed by atoms with Gasteiger partial charge in [0.2, 0.25) is 11.8 Å². The number of carbonyl (C=O) groups excluding carboxylic acids is 2. The van der Waals surface area contributed by atoms with Crippen LogP contribution < -0.4 is 10.7 Å². The smallest absolute Gasteiger partial charge is 0.240 e. The standard InChI is InChI=1S/C17H14Cl3N3O2/c18-12-5-3-6-13(19)11(12)10-21-23-17(25)9-8-16(24)22-15-7-2-1-4-14(15)20/h1-7,10H,8-9H2,(H,22,24)(H,23,25). The number of rotatable bonds is 6. The molecule has 0 atom stereocenters. The van der Waals surface area contributed by atoms with E-state index in [9.17, 15) is 9.59 Å². The van der Waals surface area contributed by atoms with E-state index >= 15 is 0 Å². The molecule has 0 aliphatic carbocycles. The van der Waals surface area contributed by atoms with Crippen LogP contribution in [0.4, 0.5) is 5.69 Å². The molecule has 2 aromatic carbocycles. The minimum absolute atomic E-state index is 0.000570. The van der Waals surface area contributed by atoms with E-state index in [1.54, 1.807) is 42.5 Å². The average molecular weight is 399 g/mol. The zero-order valence-electron chi connectivity index (χ0n) is 12.9. The van der Waals surface area contributed by atoms with Gasteiger partial charge in [0.1, 0.15) is 0 Å². The summed E-state index contributed by atoms with van der Waals surface area (Å²) in [5.41, 5.74) is 3.33. The Hall–Kier alpha value is -2.08. The van der Waals surface area contributed by atoms with E-state index in [2.05, 4.69) is 15.8 Å². The van der Waals surface area contributed by atoms with Crippen LogP contribution in [0.5, 0.6) is 0 Å². The van der Waals surface area contributed by atoms with Crippen LogP contribution in [0.15, 0.2) is 47.6 Å². The fraction of sp³-hybridized carbons (Fsp3) is 0.118. The largest absolute Gasteiger partial charge is 0.325 e. The van der Waals surface area contributed by atoms with E-state index in [-0.39, 0.29) is 18.7 Å². The molecule has 0 saturated heterocycles. The summed E-state index contributed by atoms with van der Waals surface area (Å²) in [7, 11) is 0. The molecule has 0 fully saturated rings. The van der Waals surface area contributed by atoms with Crippen molar-refractivity contribution in [1.82, 2.24) is 5.43 Å². The van der Waals surface area contributed by atoms with Gasteiger partial charge in [-0.3, -0.25) is 9.59 Å². The summed E-state index contributed by atoms with van der Waals surface area (Å²) in [4.78, 5) is 23.6. The third-order valence-corrected chi connectivity index (χ3v) is 4.10. The van der Waals surface area contributed by atoms with Crippen LogP contribution in [0.1, 0.15) is 18.4 Å². The highest BCUT2D eigenvalue weighted by molar-refractivity contribution is 6.38. The van der Waals surface area contributed by atoms with Gasteiger partial charge in [-0.25, -0.2) is 5.43 Å². The third-order valence-electron chi connectivity index (χ3n) is 3.11. The van der Waals surface area contributed by atoms with Crippen LogP contribution in [-0.4, -0.2) is 18.0 Å². The van der Waals surface area contributed by atoms with Gasteiger partial charge in [0.25, 0.3) is 0 Å². The predicted octanol–water partition coefficient (Wildman–Crippen LogP) is 4.52. The molecule has 0 unspecified atom stereocenters. The number of amides is 2. The van der Waals surface area contributed by atoms with Crippen molar-refractivity contribution >= 4 is 58.5 Å². The van der Waals surface area contributed by atoms with Crippen molar-refractivity contribution in [3.63, 3.8) is 0 Å². The maximum Gasteiger partial charge on any atom is 0.240 e. The Labute approximate surface area is 160 Å². The van der Waals surface area contributed by atoms with Gasteiger partial charge >= 0.3 is 0 Å². The lowest BCUT2D eigenvalue weighted by molar-refractivity contribution is -0.124. The highest BCUT2D eigenvalue weighted by Crippen LogP contribution is 2.22. The highest BCUT2D eigenvalue weighted by atomic mass is 35.5. The van der Waals surface area contributed by atoms with Crippen molar-refractivity contribution in [2.45, 2.75) is 12.8 Å². The number of anilines is 1. The average Bonchev–Trinajstić information content (AvgIpc) is 2.58. The van der Waals surface area contributed by atoms with Gasteiger partial charge in [-0.1, -0.05) is 53.0 Å². The van der Waals surface area contributed by atoms with Gasteiger partial charge in [0.15, 0.2) is 0 Å². The fourth-order valence-electron chi connectivity index (χ4n) is 1.86. The number of nitrogens with zero attached hydrogens (tertiary/aromatic N) is 1. The molecule has 0 aromatic heterocycles. The Balaban J connectivity index is 1.80. The number of carbonyl (C=O) groups is 2. The Morgan fingerprint density at radius 1 is 0.880 bits per heavy atom. The van der Waals surface area contributed by atoms with Crippen molar-refractivity contribution in [1.29, 1.82) is 0 Å². The van der Waals surface area contributed by atoms with E-state index in [1.807, 2.05) is 0 Å². The first-order valence-electron chi connectivity index (χ1n) is 7.27. The number of halogens is 3. The molecule has 0 bridgehead atoms. The molecular weight excluding hydrogens is 385 g/mol. The van der Waals surface area contributed by atoms with Crippen LogP contribution in [0, 0.1) is 0 Å². The van der Waals surface area contributed by atoms with E-state index < -0.39 is 5.91 Å². The number of nitrogens with one attached hydrogen (secondary N) is 2. The molecule has 0 spiro atoms. The van der Waals surface area contributed by atoms with Crippen molar-refractivity contribution in [2.24, 2.45) is 5.10 Å². The lowest BCUT2D eigenvalue weighted by Gasteiger charge is -2.06. The van der Waals surface area contributed by atoms with Gasteiger partial charge in [0.05, 0.1) is 27.0 Å². The number of hydrogen-bond donors (Lipinski definition) is 2. The SMILES string of the molecule is O=C(CCC(=O)Nc1ccccc1Cl)NN=Cc1c(Cl)cccc1Cl. The molecule has 25 heavy (non-hydrogen) atoms. The van der Waals surface area contributed by atoms with Crippen molar-refractivity contribution in [3.05, 3.63) is 63.1 Å². The first-order chi connectivity index (χ1) is 12.0. The van der Waals surface area contributed by atoms with E-state index in [0.717, 1.165) is 0 Å². The molecule has 0 heterocycles. The van der Waals surface area contributed by atoms with Gasteiger partial charge in [-0.15, -0.1) is 0 Å². The van der Waals surface area contributed by atoms with Crippen LogP contribution in [0.2, 0.25) is 15.1 Å². The lowest BCUT2D eigenvalue weighted by atomic mass is 10.2. The van der Waals surface area contributed by atoms with Crippen molar-refractivity contribution < 1.29 is 9.59 Å². The Bertz CT molecular complexity index is 789. The predicted molar refractivity (Wildman–Crippen MR) is 102 cm³/mol. The third kappa shape index (κ3) is 6.05. The van der Waals surface area contributed by atoms with Crippen LogP contribution in [0.3, 0.4) is 0 Å².